The zero-order chi connectivity index (χ0) is 18.3. The van der Waals surface area contributed by atoms with Gasteiger partial charge in [-0.2, -0.15) is 0 Å². The molecule has 142 valence electrons. The molecule has 6 nitrogen and oxygen atoms in total. The molecule has 6 heteroatoms. The third kappa shape index (κ3) is 2.89. The average molecular weight is 359 g/mol. The number of likely N-dealkylation sites (N-methyl/N-ethyl adjacent to an activating group) is 1. The van der Waals surface area contributed by atoms with E-state index >= 15 is 0 Å². The highest BCUT2D eigenvalue weighted by Gasteiger charge is 2.54. The third-order valence-electron chi connectivity index (χ3n) is 6.82. The van der Waals surface area contributed by atoms with Crippen LogP contribution in [-0.2, 0) is 11.3 Å². The molecule has 3 heterocycles. The van der Waals surface area contributed by atoms with Gasteiger partial charge < -0.3 is 15.0 Å². The summed E-state index contributed by atoms with van der Waals surface area (Å²) in [5, 5.41) is 13.2. The van der Waals surface area contributed by atoms with Gasteiger partial charge in [-0.05, 0) is 31.9 Å². The first-order chi connectivity index (χ1) is 12.6. The SMILES string of the molecule is CN1[C@@H]2Cn3c(cccc3=O)[C@H]1[C@@H](C(=O)NCC1CCCCC1)[C@@H]2CO. The van der Waals surface area contributed by atoms with E-state index in [2.05, 4.69) is 10.2 Å². The molecule has 2 fully saturated rings. The van der Waals surface area contributed by atoms with Gasteiger partial charge >= 0.3 is 0 Å². The summed E-state index contributed by atoms with van der Waals surface area (Å²) in [7, 11) is 2.01. The maximum atomic E-state index is 13.1. The van der Waals surface area contributed by atoms with E-state index < -0.39 is 0 Å². The maximum absolute atomic E-state index is 13.1. The van der Waals surface area contributed by atoms with Crippen molar-refractivity contribution < 1.29 is 9.90 Å². The topological polar surface area (TPSA) is 74.6 Å². The van der Waals surface area contributed by atoms with E-state index in [1.807, 2.05) is 13.1 Å². The number of amides is 1. The Balaban J connectivity index is 1.57. The second-order valence-corrected chi connectivity index (χ2v) is 8.20. The number of aromatic nitrogens is 1. The summed E-state index contributed by atoms with van der Waals surface area (Å²) in [5.74, 6) is 0.150. The Kier molecular flexibility index (Phi) is 4.88. The van der Waals surface area contributed by atoms with Crippen LogP contribution >= 0.6 is 0 Å². The van der Waals surface area contributed by atoms with Gasteiger partial charge in [0.15, 0.2) is 0 Å². The molecule has 4 rings (SSSR count). The van der Waals surface area contributed by atoms with Crippen molar-refractivity contribution in [1.29, 1.82) is 0 Å². The molecule has 2 aliphatic heterocycles. The van der Waals surface area contributed by atoms with Gasteiger partial charge in [-0.3, -0.25) is 14.5 Å². The molecule has 0 aromatic carbocycles. The summed E-state index contributed by atoms with van der Waals surface area (Å²) in [6.45, 7) is 1.24. The number of rotatable bonds is 4. The monoisotopic (exact) mass is 359 g/mol. The van der Waals surface area contributed by atoms with Gasteiger partial charge in [-0.1, -0.05) is 25.3 Å². The molecular weight excluding hydrogens is 330 g/mol. The van der Waals surface area contributed by atoms with Crippen LogP contribution in [0.1, 0.15) is 43.8 Å². The van der Waals surface area contributed by atoms with E-state index in [1.165, 1.54) is 32.1 Å². The minimum atomic E-state index is -0.311. The number of carbonyl (C=O) groups is 1. The molecular formula is C20H29N3O3. The van der Waals surface area contributed by atoms with Gasteiger partial charge in [0, 0.05) is 43.4 Å². The molecule has 1 aliphatic carbocycles. The molecule has 1 amide bonds. The molecule has 0 spiro atoms. The van der Waals surface area contributed by atoms with Crippen LogP contribution in [0.25, 0.3) is 0 Å². The van der Waals surface area contributed by atoms with E-state index in [0.717, 1.165) is 12.2 Å². The summed E-state index contributed by atoms with van der Waals surface area (Å²) < 4.78 is 1.78. The Bertz CT molecular complexity index is 725. The number of hydrogen-bond acceptors (Lipinski definition) is 4. The molecule has 3 aliphatic rings. The van der Waals surface area contributed by atoms with E-state index in [4.69, 9.17) is 0 Å². The number of pyridine rings is 1. The first-order valence-electron chi connectivity index (χ1n) is 9.92. The Morgan fingerprint density at radius 2 is 2.04 bits per heavy atom. The lowest BCUT2D eigenvalue weighted by molar-refractivity contribution is -0.127. The van der Waals surface area contributed by atoms with Gasteiger partial charge in [0.05, 0.1) is 12.0 Å². The number of aliphatic hydroxyl groups is 1. The van der Waals surface area contributed by atoms with Gasteiger partial charge in [-0.15, -0.1) is 0 Å². The van der Waals surface area contributed by atoms with Crippen LogP contribution in [0.2, 0.25) is 0 Å². The van der Waals surface area contributed by atoms with Gasteiger partial charge in [0.2, 0.25) is 5.91 Å². The van der Waals surface area contributed by atoms with Crippen molar-refractivity contribution in [3.63, 3.8) is 0 Å². The fourth-order valence-electron chi connectivity index (χ4n) is 5.40. The predicted octanol–water partition coefficient (Wildman–Crippen LogP) is 1.14. The molecule has 2 bridgehead atoms. The summed E-state index contributed by atoms with van der Waals surface area (Å²) in [6.07, 6.45) is 6.21. The van der Waals surface area contributed by atoms with Crippen molar-refractivity contribution in [2.45, 2.75) is 50.7 Å². The molecule has 0 radical (unpaired) electrons. The van der Waals surface area contributed by atoms with Crippen LogP contribution in [0.3, 0.4) is 0 Å². The molecule has 1 saturated carbocycles. The van der Waals surface area contributed by atoms with Gasteiger partial charge in [-0.25, -0.2) is 0 Å². The number of hydrogen-bond donors (Lipinski definition) is 2. The number of carbonyl (C=O) groups excluding carboxylic acids is 1. The molecule has 1 aromatic rings. The lowest BCUT2D eigenvalue weighted by Crippen LogP contribution is -2.44. The van der Waals surface area contributed by atoms with E-state index in [9.17, 15) is 14.7 Å². The van der Waals surface area contributed by atoms with Crippen molar-refractivity contribution in [3.8, 4) is 0 Å². The lowest BCUT2D eigenvalue weighted by atomic mass is 9.85. The Labute approximate surface area is 154 Å². The largest absolute Gasteiger partial charge is 0.396 e. The first kappa shape index (κ1) is 17.7. The van der Waals surface area contributed by atoms with Crippen LogP contribution in [0.4, 0.5) is 0 Å². The second-order valence-electron chi connectivity index (χ2n) is 8.20. The standard InChI is InChI=1S/C20H29N3O3/c1-22-16-11-23-15(8-5-9-17(23)25)19(22)18(14(16)12-24)20(26)21-10-13-6-3-2-4-7-13/h5,8-9,13-14,16,18-19,24H,2-4,6-7,10-12H2,1H3,(H,21,26)/t14-,16-,18+,19+/m1/s1. The summed E-state index contributed by atoms with van der Waals surface area (Å²) in [6, 6.07) is 5.15. The van der Waals surface area contributed by atoms with Crippen molar-refractivity contribution >= 4 is 5.91 Å². The summed E-state index contributed by atoms with van der Waals surface area (Å²) in [4.78, 5) is 27.6. The van der Waals surface area contributed by atoms with E-state index in [-0.39, 0.29) is 42.0 Å². The van der Waals surface area contributed by atoms with Crippen LogP contribution in [0, 0.1) is 17.8 Å². The quantitative estimate of drug-likeness (QED) is 0.845. The number of aliphatic hydroxyl groups excluding tert-OH is 1. The minimum Gasteiger partial charge on any atom is -0.396 e. The van der Waals surface area contributed by atoms with Gasteiger partial charge in [0.1, 0.15) is 0 Å². The van der Waals surface area contributed by atoms with Gasteiger partial charge in [0.25, 0.3) is 5.56 Å². The fourth-order valence-corrected chi connectivity index (χ4v) is 5.40. The second kappa shape index (κ2) is 7.16. The summed E-state index contributed by atoms with van der Waals surface area (Å²) in [5.41, 5.74) is 0.871. The smallest absolute Gasteiger partial charge is 0.250 e. The van der Waals surface area contributed by atoms with Crippen molar-refractivity contribution in [3.05, 3.63) is 34.2 Å². The van der Waals surface area contributed by atoms with Crippen molar-refractivity contribution in [1.82, 2.24) is 14.8 Å². The number of nitrogens with one attached hydrogen (secondary N) is 1. The fraction of sp³-hybridized carbons (Fsp3) is 0.700. The minimum absolute atomic E-state index is 0.0167. The Hall–Kier alpha value is -1.66. The number of nitrogens with zero attached hydrogens (tertiary/aromatic N) is 2. The number of fused-ring (bicyclic) bond motifs is 4. The van der Waals surface area contributed by atoms with E-state index in [1.54, 1.807) is 16.7 Å². The molecule has 2 N–H and O–H groups in total. The predicted molar refractivity (Wildman–Crippen MR) is 98.6 cm³/mol. The highest BCUT2D eigenvalue weighted by Crippen LogP contribution is 2.47. The van der Waals surface area contributed by atoms with Crippen LogP contribution < -0.4 is 10.9 Å². The van der Waals surface area contributed by atoms with E-state index in [0.29, 0.717) is 12.5 Å². The van der Waals surface area contributed by atoms with Crippen LogP contribution in [0.5, 0.6) is 0 Å². The highest BCUT2D eigenvalue weighted by atomic mass is 16.3. The third-order valence-corrected chi connectivity index (χ3v) is 6.82. The Morgan fingerprint density at radius 3 is 2.77 bits per heavy atom. The van der Waals surface area contributed by atoms with Crippen LogP contribution in [-0.4, -0.2) is 46.7 Å². The maximum Gasteiger partial charge on any atom is 0.250 e. The molecule has 4 atom stereocenters. The zero-order valence-corrected chi connectivity index (χ0v) is 15.4. The van der Waals surface area contributed by atoms with Crippen molar-refractivity contribution in [2.24, 2.45) is 17.8 Å². The lowest BCUT2D eigenvalue weighted by Gasteiger charge is -2.35. The van der Waals surface area contributed by atoms with Crippen LogP contribution in [0.15, 0.2) is 23.0 Å². The molecule has 26 heavy (non-hydrogen) atoms. The van der Waals surface area contributed by atoms with Crippen molar-refractivity contribution in [2.75, 3.05) is 20.2 Å². The average Bonchev–Trinajstić information content (AvgIpc) is 2.83. The zero-order valence-electron chi connectivity index (χ0n) is 15.4. The summed E-state index contributed by atoms with van der Waals surface area (Å²) >= 11 is 0. The highest BCUT2D eigenvalue weighted by molar-refractivity contribution is 5.80. The Morgan fingerprint density at radius 1 is 1.27 bits per heavy atom. The molecule has 1 aromatic heterocycles. The molecule has 0 unspecified atom stereocenters. The molecule has 1 saturated heterocycles. The first-order valence-corrected chi connectivity index (χ1v) is 9.92. The normalized spacial score (nSPS) is 31.6.